The van der Waals surface area contributed by atoms with Crippen molar-refractivity contribution in [3.8, 4) is 23.3 Å². The molecular weight excluding hydrogens is 352 g/mol. The highest BCUT2D eigenvalue weighted by Gasteiger charge is 2.04. The van der Waals surface area contributed by atoms with E-state index in [4.69, 9.17) is 29.3 Å². The van der Waals surface area contributed by atoms with Crippen LogP contribution in [0.2, 0.25) is 0 Å². The van der Waals surface area contributed by atoms with Crippen LogP contribution in [0.5, 0.6) is 11.5 Å². The number of hydrogen-bond donors (Lipinski definition) is 3. The Labute approximate surface area is 160 Å². The van der Waals surface area contributed by atoms with Crippen molar-refractivity contribution in [3.05, 3.63) is 24.3 Å². The van der Waals surface area contributed by atoms with Gasteiger partial charge in [0.2, 0.25) is 0 Å². The largest absolute Gasteiger partial charge is 0.497 e. The zero-order valence-electron chi connectivity index (χ0n) is 16.0. The molecule has 0 heterocycles. The Morgan fingerprint density at radius 2 is 1.59 bits per heavy atom. The summed E-state index contributed by atoms with van der Waals surface area (Å²) in [5.74, 6) is 4.04. The Morgan fingerprint density at radius 3 is 2.07 bits per heavy atom. The van der Waals surface area contributed by atoms with Crippen LogP contribution in [-0.2, 0) is 9.59 Å². The van der Waals surface area contributed by atoms with Crippen molar-refractivity contribution in [2.45, 2.75) is 13.8 Å². The van der Waals surface area contributed by atoms with Crippen molar-refractivity contribution >= 4 is 11.9 Å². The first-order valence-electron chi connectivity index (χ1n) is 8.56. The molecule has 8 heteroatoms. The quantitative estimate of drug-likeness (QED) is 0.333. The van der Waals surface area contributed by atoms with Gasteiger partial charge in [0.15, 0.2) is 0 Å². The molecule has 1 aromatic rings. The first-order chi connectivity index (χ1) is 12.9. The van der Waals surface area contributed by atoms with Crippen molar-refractivity contribution < 1.29 is 29.3 Å². The van der Waals surface area contributed by atoms with E-state index in [1.54, 1.807) is 7.11 Å². The van der Waals surface area contributed by atoms with E-state index in [9.17, 15) is 0 Å². The average Bonchev–Trinajstić information content (AvgIpc) is 2.67. The van der Waals surface area contributed by atoms with E-state index in [2.05, 4.69) is 35.9 Å². The Morgan fingerprint density at radius 1 is 1.04 bits per heavy atom. The Balaban J connectivity index is 0.000000972. The van der Waals surface area contributed by atoms with E-state index in [0.29, 0.717) is 13.2 Å². The molecule has 150 valence electrons. The van der Waals surface area contributed by atoms with Crippen LogP contribution in [0.15, 0.2) is 24.3 Å². The van der Waals surface area contributed by atoms with Crippen molar-refractivity contribution in [2.24, 2.45) is 0 Å². The number of ether oxygens (including phenoxy) is 2. The Kier molecular flexibility index (Phi) is 13.9. The summed E-state index contributed by atoms with van der Waals surface area (Å²) in [5, 5.41) is 18.1. The fourth-order valence-electron chi connectivity index (χ4n) is 1.83. The molecule has 8 nitrogen and oxygen atoms in total. The monoisotopic (exact) mass is 380 g/mol. The SMILES string of the molecule is CCN(CC)CCNCC#CCOc1ccc(OC)cc1.O=C(O)C(=O)O. The summed E-state index contributed by atoms with van der Waals surface area (Å²) >= 11 is 0. The van der Waals surface area contributed by atoms with E-state index >= 15 is 0 Å². The summed E-state index contributed by atoms with van der Waals surface area (Å²) in [7, 11) is 1.65. The number of nitrogens with zero attached hydrogens (tertiary/aromatic N) is 1. The van der Waals surface area contributed by atoms with Gasteiger partial charge in [-0.05, 0) is 37.4 Å². The van der Waals surface area contributed by atoms with Gasteiger partial charge in [-0.3, -0.25) is 0 Å². The van der Waals surface area contributed by atoms with Crippen LogP contribution >= 0.6 is 0 Å². The van der Waals surface area contributed by atoms with Gasteiger partial charge in [-0.15, -0.1) is 0 Å². The molecule has 1 aromatic carbocycles. The summed E-state index contributed by atoms with van der Waals surface area (Å²) in [6.45, 7) is 9.70. The molecule has 0 fully saturated rings. The second kappa shape index (κ2) is 15.5. The minimum atomic E-state index is -1.82. The molecule has 0 saturated carbocycles. The molecule has 0 aromatic heterocycles. The minimum Gasteiger partial charge on any atom is -0.497 e. The van der Waals surface area contributed by atoms with Gasteiger partial charge in [0.1, 0.15) is 18.1 Å². The van der Waals surface area contributed by atoms with Crippen LogP contribution in [0, 0.1) is 11.8 Å². The predicted molar refractivity (Wildman–Crippen MR) is 102 cm³/mol. The third kappa shape index (κ3) is 13.1. The molecule has 0 bridgehead atoms. The molecule has 0 radical (unpaired) electrons. The van der Waals surface area contributed by atoms with Crippen LogP contribution in [0.1, 0.15) is 13.8 Å². The third-order valence-corrected chi connectivity index (χ3v) is 3.39. The van der Waals surface area contributed by atoms with Crippen LogP contribution in [0.25, 0.3) is 0 Å². The number of hydrogen-bond acceptors (Lipinski definition) is 6. The molecule has 0 amide bonds. The predicted octanol–water partition coefficient (Wildman–Crippen LogP) is 1.16. The molecular formula is C19H28N2O6. The number of carbonyl (C=O) groups is 2. The molecule has 0 aliphatic heterocycles. The summed E-state index contributed by atoms with van der Waals surface area (Å²) in [6, 6.07) is 7.50. The van der Waals surface area contributed by atoms with Gasteiger partial charge in [-0.25, -0.2) is 9.59 Å². The van der Waals surface area contributed by atoms with Gasteiger partial charge in [0, 0.05) is 13.1 Å². The van der Waals surface area contributed by atoms with Gasteiger partial charge in [0.25, 0.3) is 0 Å². The van der Waals surface area contributed by atoms with E-state index in [0.717, 1.165) is 37.7 Å². The molecule has 0 aliphatic carbocycles. The number of carboxylic acid groups (broad SMARTS) is 2. The topological polar surface area (TPSA) is 108 Å². The normalized spacial score (nSPS) is 9.48. The minimum absolute atomic E-state index is 0.407. The number of likely N-dealkylation sites (N-methyl/N-ethyl adjacent to an activating group) is 1. The second-order valence-electron chi connectivity index (χ2n) is 5.13. The first-order valence-corrected chi connectivity index (χ1v) is 8.56. The van der Waals surface area contributed by atoms with Gasteiger partial charge in [0.05, 0.1) is 13.7 Å². The van der Waals surface area contributed by atoms with Crippen molar-refractivity contribution in [1.82, 2.24) is 10.2 Å². The number of benzene rings is 1. The van der Waals surface area contributed by atoms with Gasteiger partial charge < -0.3 is 29.9 Å². The van der Waals surface area contributed by atoms with E-state index in [1.165, 1.54) is 0 Å². The lowest BCUT2D eigenvalue weighted by molar-refractivity contribution is -0.159. The number of rotatable bonds is 9. The third-order valence-electron chi connectivity index (χ3n) is 3.39. The summed E-state index contributed by atoms with van der Waals surface area (Å²) in [4.78, 5) is 20.6. The highest BCUT2D eigenvalue weighted by atomic mass is 16.5. The summed E-state index contributed by atoms with van der Waals surface area (Å²) < 4.78 is 10.6. The molecule has 27 heavy (non-hydrogen) atoms. The number of aliphatic carboxylic acids is 2. The van der Waals surface area contributed by atoms with E-state index < -0.39 is 11.9 Å². The lowest BCUT2D eigenvalue weighted by atomic mass is 10.3. The molecule has 0 atom stereocenters. The van der Waals surface area contributed by atoms with Crippen molar-refractivity contribution in [1.29, 1.82) is 0 Å². The molecule has 1 rings (SSSR count). The Hall–Kier alpha value is -2.76. The zero-order valence-corrected chi connectivity index (χ0v) is 16.0. The molecule has 0 saturated heterocycles. The average molecular weight is 380 g/mol. The fourth-order valence-corrected chi connectivity index (χ4v) is 1.83. The maximum absolute atomic E-state index is 9.10. The van der Waals surface area contributed by atoms with Crippen molar-refractivity contribution in [2.75, 3.05) is 46.4 Å². The smallest absolute Gasteiger partial charge is 0.414 e. The maximum atomic E-state index is 9.10. The van der Waals surface area contributed by atoms with E-state index in [1.807, 2.05) is 24.3 Å². The molecule has 0 unspecified atom stereocenters. The van der Waals surface area contributed by atoms with Crippen LogP contribution in [-0.4, -0.2) is 73.5 Å². The summed E-state index contributed by atoms with van der Waals surface area (Å²) in [6.07, 6.45) is 0. The lowest BCUT2D eigenvalue weighted by Gasteiger charge is -2.17. The van der Waals surface area contributed by atoms with E-state index in [-0.39, 0.29) is 0 Å². The first kappa shape index (κ1) is 24.2. The van der Waals surface area contributed by atoms with Crippen LogP contribution < -0.4 is 14.8 Å². The maximum Gasteiger partial charge on any atom is 0.414 e. The van der Waals surface area contributed by atoms with Crippen molar-refractivity contribution in [3.63, 3.8) is 0 Å². The lowest BCUT2D eigenvalue weighted by Crippen LogP contribution is -2.32. The second-order valence-corrected chi connectivity index (χ2v) is 5.13. The van der Waals surface area contributed by atoms with Crippen LogP contribution in [0.4, 0.5) is 0 Å². The van der Waals surface area contributed by atoms with Crippen LogP contribution in [0.3, 0.4) is 0 Å². The highest BCUT2D eigenvalue weighted by molar-refractivity contribution is 6.27. The molecule has 0 spiro atoms. The molecule has 3 N–H and O–H groups in total. The van der Waals surface area contributed by atoms with Gasteiger partial charge in [-0.1, -0.05) is 25.7 Å². The standard InChI is InChI=1S/C17H26N2O2.C2H2O4/c1-4-19(5-2)14-13-18-12-6-7-15-21-17-10-8-16(20-3)9-11-17;3-1(4)2(5)6/h8-11,18H,4-5,12-15H2,1-3H3;(H,3,4)(H,5,6). The Bertz CT molecular complexity index is 591. The number of nitrogens with one attached hydrogen (secondary N) is 1. The number of carboxylic acids is 2. The highest BCUT2D eigenvalue weighted by Crippen LogP contribution is 2.16. The summed E-state index contributed by atoms with van der Waals surface area (Å²) in [5.41, 5.74) is 0. The van der Waals surface area contributed by atoms with Gasteiger partial charge in [-0.2, -0.15) is 0 Å². The molecule has 0 aliphatic rings. The number of methoxy groups -OCH3 is 1. The zero-order chi connectivity index (χ0) is 20.5. The fraction of sp³-hybridized carbons (Fsp3) is 0.474. The van der Waals surface area contributed by atoms with Gasteiger partial charge >= 0.3 is 11.9 Å².